The first-order chi connectivity index (χ1) is 16.8. The van der Waals surface area contributed by atoms with E-state index in [9.17, 15) is 18.0 Å². The van der Waals surface area contributed by atoms with Crippen LogP contribution in [-0.4, -0.2) is 35.0 Å². The van der Waals surface area contributed by atoms with Crippen LogP contribution >= 0.6 is 0 Å². The van der Waals surface area contributed by atoms with Gasteiger partial charge in [0.2, 0.25) is 5.89 Å². The summed E-state index contributed by atoms with van der Waals surface area (Å²) in [5.41, 5.74) is 0.551. The molecule has 35 heavy (non-hydrogen) atoms. The first-order valence-corrected chi connectivity index (χ1v) is 11.6. The summed E-state index contributed by atoms with van der Waals surface area (Å²) in [6.45, 7) is 3.16. The normalized spacial score (nSPS) is 17.0. The number of nitrogens with one attached hydrogen (secondary N) is 1. The zero-order valence-electron chi connectivity index (χ0n) is 19.4. The van der Waals surface area contributed by atoms with Crippen molar-refractivity contribution in [3.05, 3.63) is 89.1 Å². The standard InChI is InChI=1S/C26H28F3N3O3/c1-18(19-8-3-2-4-9-19)32(15-20-10-5-6-12-22(20)26(27,28)29)16-24-31-23(17-35-24)25(33)30-14-21-11-7-13-34-21/h2-6,8-10,12,17-18,21H,7,11,13-16H2,1H3,(H,30,33)/t18-,21-/m1/s1. The Hall–Kier alpha value is -3.17. The van der Waals surface area contributed by atoms with Crippen molar-refractivity contribution in [3.8, 4) is 0 Å². The van der Waals surface area contributed by atoms with Crippen LogP contribution in [0.5, 0.6) is 0 Å². The number of halogens is 3. The number of hydrogen-bond donors (Lipinski definition) is 1. The summed E-state index contributed by atoms with van der Waals surface area (Å²) in [7, 11) is 0. The minimum absolute atomic E-state index is 0.00114. The molecule has 0 spiro atoms. The van der Waals surface area contributed by atoms with Crippen LogP contribution in [0.15, 0.2) is 65.3 Å². The fraction of sp³-hybridized carbons (Fsp3) is 0.385. The van der Waals surface area contributed by atoms with E-state index in [1.165, 1.54) is 18.4 Å². The molecule has 0 aliphatic carbocycles. The van der Waals surface area contributed by atoms with Crippen LogP contribution in [0.4, 0.5) is 13.2 Å². The molecular formula is C26H28F3N3O3. The average Bonchev–Trinajstić information content (AvgIpc) is 3.54. The van der Waals surface area contributed by atoms with E-state index in [0.717, 1.165) is 24.5 Å². The molecule has 1 aromatic heterocycles. The quantitative estimate of drug-likeness (QED) is 0.440. The smallest absolute Gasteiger partial charge is 0.416 e. The first kappa shape index (κ1) is 24.9. The molecule has 1 saturated heterocycles. The van der Waals surface area contributed by atoms with Gasteiger partial charge in [-0.15, -0.1) is 0 Å². The van der Waals surface area contributed by atoms with Gasteiger partial charge in [-0.2, -0.15) is 13.2 Å². The van der Waals surface area contributed by atoms with E-state index in [0.29, 0.717) is 13.2 Å². The summed E-state index contributed by atoms with van der Waals surface area (Å²) in [4.78, 5) is 18.6. The summed E-state index contributed by atoms with van der Waals surface area (Å²) < 4.78 is 51.9. The Morgan fingerprint density at radius 1 is 1.14 bits per heavy atom. The van der Waals surface area contributed by atoms with Gasteiger partial charge in [0, 0.05) is 25.7 Å². The van der Waals surface area contributed by atoms with E-state index in [1.807, 2.05) is 42.2 Å². The molecule has 6 nitrogen and oxygen atoms in total. The Labute approximate surface area is 202 Å². The van der Waals surface area contributed by atoms with Crippen molar-refractivity contribution in [2.75, 3.05) is 13.2 Å². The van der Waals surface area contributed by atoms with E-state index in [-0.39, 0.29) is 48.3 Å². The van der Waals surface area contributed by atoms with Crippen molar-refractivity contribution in [1.82, 2.24) is 15.2 Å². The second-order valence-electron chi connectivity index (χ2n) is 8.62. The van der Waals surface area contributed by atoms with Gasteiger partial charge in [-0.25, -0.2) is 4.98 Å². The number of rotatable bonds is 9. The predicted molar refractivity (Wildman–Crippen MR) is 123 cm³/mol. The van der Waals surface area contributed by atoms with Crippen LogP contribution in [0.3, 0.4) is 0 Å². The van der Waals surface area contributed by atoms with Crippen LogP contribution < -0.4 is 5.32 Å². The zero-order valence-corrected chi connectivity index (χ0v) is 19.4. The average molecular weight is 488 g/mol. The molecule has 2 aromatic carbocycles. The van der Waals surface area contributed by atoms with E-state index < -0.39 is 11.7 Å². The minimum Gasteiger partial charge on any atom is -0.447 e. The molecule has 2 atom stereocenters. The van der Waals surface area contributed by atoms with E-state index in [1.54, 1.807) is 6.07 Å². The fourth-order valence-corrected chi connectivity index (χ4v) is 4.19. The van der Waals surface area contributed by atoms with Gasteiger partial charge in [0.1, 0.15) is 6.26 Å². The number of nitrogens with zero attached hydrogens (tertiary/aromatic N) is 2. The molecule has 1 amide bonds. The molecule has 186 valence electrons. The van der Waals surface area contributed by atoms with Gasteiger partial charge in [-0.3, -0.25) is 9.69 Å². The van der Waals surface area contributed by atoms with Crippen molar-refractivity contribution in [2.24, 2.45) is 0 Å². The summed E-state index contributed by atoms with van der Waals surface area (Å²) in [6, 6.07) is 14.8. The third kappa shape index (κ3) is 6.49. The van der Waals surface area contributed by atoms with Gasteiger partial charge in [-0.05, 0) is 37.0 Å². The summed E-state index contributed by atoms with van der Waals surface area (Å²) in [6.07, 6.45) is -1.32. The fourth-order valence-electron chi connectivity index (χ4n) is 4.19. The number of carbonyl (C=O) groups is 1. The van der Waals surface area contributed by atoms with Crippen molar-refractivity contribution < 1.29 is 27.1 Å². The topological polar surface area (TPSA) is 67.6 Å². The van der Waals surface area contributed by atoms with Gasteiger partial charge in [-0.1, -0.05) is 48.5 Å². The lowest BCUT2D eigenvalue weighted by Gasteiger charge is -2.29. The van der Waals surface area contributed by atoms with Crippen LogP contribution in [-0.2, 0) is 24.0 Å². The molecule has 1 N–H and O–H groups in total. The SMILES string of the molecule is C[C@H](c1ccccc1)N(Cc1nc(C(=O)NC[C@H]2CCCO2)co1)Cc1ccccc1C(F)(F)F. The highest BCUT2D eigenvalue weighted by molar-refractivity contribution is 5.91. The maximum atomic E-state index is 13.6. The van der Waals surface area contributed by atoms with Gasteiger partial charge in [0.05, 0.1) is 18.2 Å². The molecule has 0 unspecified atom stereocenters. The molecule has 0 radical (unpaired) electrons. The van der Waals surface area contributed by atoms with Crippen molar-refractivity contribution in [1.29, 1.82) is 0 Å². The summed E-state index contributed by atoms with van der Waals surface area (Å²) in [5, 5.41) is 2.80. The molecule has 4 rings (SSSR count). The largest absolute Gasteiger partial charge is 0.447 e. The minimum atomic E-state index is -4.46. The highest BCUT2D eigenvalue weighted by Gasteiger charge is 2.34. The first-order valence-electron chi connectivity index (χ1n) is 11.6. The predicted octanol–water partition coefficient (Wildman–Crippen LogP) is 5.37. The number of benzene rings is 2. The Morgan fingerprint density at radius 2 is 1.89 bits per heavy atom. The molecule has 1 fully saturated rings. The molecule has 1 aliphatic heterocycles. The van der Waals surface area contributed by atoms with E-state index in [4.69, 9.17) is 9.15 Å². The number of alkyl halides is 3. The third-order valence-corrected chi connectivity index (χ3v) is 6.16. The lowest BCUT2D eigenvalue weighted by molar-refractivity contribution is -0.138. The lowest BCUT2D eigenvalue weighted by Crippen LogP contribution is -2.32. The molecule has 0 saturated carbocycles. The summed E-state index contributed by atoms with van der Waals surface area (Å²) >= 11 is 0. The number of amides is 1. The molecule has 9 heteroatoms. The Balaban J connectivity index is 1.52. The van der Waals surface area contributed by atoms with Gasteiger partial charge >= 0.3 is 6.18 Å². The Bertz CT molecular complexity index is 1110. The van der Waals surface area contributed by atoms with Crippen LogP contribution in [0, 0.1) is 0 Å². The molecule has 3 aromatic rings. The van der Waals surface area contributed by atoms with Gasteiger partial charge in [0.25, 0.3) is 5.91 Å². The van der Waals surface area contributed by atoms with E-state index in [2.05, 4.69) is 10.3 Å². The monoisotopic (exact) mass is 487 g/mol. The second-order valence-corrected chi connectivity index (χ2v) is 8.62. The van der Waals surface area contributed by atoms with Gasteiger partial charge in [0.15, 0.2) is 5.69 Å². The van der Waals surface area contributed by atoms with Crippen molar-refractivity contribution >= 4 is 5.91 Å². The number of carbonyl (C=O) groups excluding carboxylic acids is 1. The zero-order chi connectivity index (χ0) is 24.8. The van der Waals surface area contributed by atoms with Crippen LogP contribution in [0.1, 0.15) is 58.9 Å². The Morgan fingerprint density at radius 3 is 2.60 bits per heavy atom. The summed E-state index contributed by atoms with van der Waals surface area (Å²) in [5.74, 6) is -0.125. The number of aromatic nitrogens is 1. The maximum absolute atomic E-state index is 13.6. The van der Waals surface area contributed by atoms with Crippen molar-refractivity contribution in [3.63, 3.8) is 0 Å². The number of oxazole rings is 1. The second kappa shape index (κ2) is 11.0. The number of ether oxygens (including phenoxy) is 1. The lowest BCUT2D eigenvalue weighted by atomic mass is 10.0. The van der Waals surface area contributed by atoms with E-state index >= 15 is 0 Å². The molecular weight excluding hydrogens is 459 g/mol. The van der Waals surface area contributed by atoms with Crippen LogP contribution in [0.2, 0.25) is 0 Å². The highest BCUT2D eigenvalue weighted by atomic mass is 19.4. The van der Waals surface area contributed by atoms with Crippen molar-refractivity contribution in [2.45, 2.75) is 51.2 Å². The Kier molecular flexibility index (Phi) is 7.87. The van der Waals surface area contributed by atoms with Gasteiger partial charge < -0.3 is 14.5 Å². The third-order valence-electron chi connectivity index (χ3n) is 6.16. The molecule has 0 bridgehead atoms. The molecule has 2 heterocycles. The highest BCUT2D eigenvalue weighted by Crippen LogP contribution is 2.34. The maximum Gasteiger partial charge on any atom is 0.416 e. The van der Waals surface area contributed by atoms with Crippen LogP contribution in [0.25, 0.3) is 0 Å². The molecule has 1 aliphatic rings. The number of hydrogen-bond acceptors (Lipinski definition) is 5.